The van der Waals surface area contributed by atoms with E-state index in [9.17, 15) is 19.2 Å². The topological polar surface area (TPSA) is 111 Å². The lowest BCUT2D eigenvalue weighted by molar-refractivity contribution is -0.146. The van der Waals surface area contributed by atoms with Crippen LogP contribution in [0.25, 0.3) is 0 Å². The minimum absolute atomic E-state index is 0.199. The molecule has 2 amide bonds. The Morgan fingerprint density at radius 1 is 0.882 bits per heavy atom. The molecule has 0 spiro atoms. The Balaban J connectivity index is 1.53. The monoisotopic (exact) mass is 480 g/mol. The Labute approximate surface area is 200 Å². The molecule has 0 aliphatic carbocycles. The first-order chi connectivity index (χ1) is 16.4. The van der Waals surface area contributed by atoms with Crippen LogP contribution in [-0.4, -0.2) is 43.8 Å². The van der Waals surface area contributed by atoms with Gasteiger partial charge in [0.15, 0.2) is 12.4 Å². The van der Waals surface area contributed by atoms with E-state index in [1.165, 1.54) is 25.3 Å². The highest BCUT2D eigenvalue weighted by Crippen LogP contribution is 2.23. The van der Waals surface area contributed by atoms with Gasteiger partial charge in [0.25, 0.3) is 11.8 Å². The van der Waals surface area contributed by atoms with Crippen molar-refractivity contribution in [2.75, 3.05) is 25.6 Å². The molecule has 0 heterocycles. The van der Waals surface area contributed by atoms with Crippen molar-refractivity contribution >= 4 is 40.9 Å². The van der Waals surface area contributed by atoms with Gasteiger partial charge in [-0.05, 0) is 42.5 Å². The summed E-state index contributed by atoms with van der Waals surface area (Å²) in [6.07, 6.45) is 0. The van der Waals surface area contributed by atoms with E-state index in [0.717, 1.165) is 0 Å². The van der Waals surface area contributed by atoms with Crippen molar-refractivity contribution < 1.29 is 28.7 Å². The molecule has 8 nitrogen and oxygen atoms in total. The largest absolute Gasteiger partial charge is 0.497 e. The van der Waals surface area contributed by atoms with Crippen LogP contribution in [0.5, 0.6) is 5.75 Å². The van der Waals surface area contributed by atoms with Gasteiger partial charge in [-0.3, -0.25) is 19.2 Å². The fraction of sp³-hybridized carbons (Fsp3) is 0.120. The van der Waals surface area contributed by atoms with E-state index in [1.54, 1.807) is 54.6 Å². The number of hydrogen-bond donors (Lipinski definition) is 2. The first-order valence-corrected chi connectivity index (χ1v) is 10.5. The van der Waals surface area contributed by atoms with Crippen LogP contribution in [0.15, 0.2) is 72.8 Å². The van der Waals surface area contributed by atoms with Crippen molar-refractivity contribution in [2.45, 2.75) is 0 Å². The molecule has 0 fully saturated rings. The maximum absolute atomic E-state index is 12.8. The number of nitrogens with one attached hydrogen (secondary N) is 2. The molecule has 0 aliphatic rings. The molecule has 34 heavy (non-hydrogen) atoms. The quantitative estimate of drug-likeness (QED) is 0.358. The number of methoxy groups -OCH3 is 1. The standard InChI is InChI=1S/C25H21ClN2O6/c1-33-19-10-7-17(8-11-19)25(32)27-14-23(30)34-15-22(29)28-21-12-9-18(26)13-20(21)24(31)16-5-3-2-4-6-16/h2-13H,14-15H2,1H3,(H,27,32)(H,28,29). The molecule has 0 bridgehead atoms. The number of amides is 2. The lowest BCUT2D eigenvalue weighted by Gasteiger charge is -2.12. The number of ether oxygens (including phenoxy) is 2. The second-order valence-electron chi connectivity index (χ2n) is 7.01. The molecule has 0 unspecified atom stereocenters. The predicted molar refractivity (Wildman–Crippen MR) is 126 cm³/mol. The van der Waals surface area contributed by atoms with Gasteiger partial charge < -0.3 is 20.1 Å². The Hall–Kier alpha value is -4.17. The molecular weight excluding hydrogens is 460 g/mol. The summed E-state index contributed by atoms with van der Waals surface area (Å²) in [5.74, 6) is -1.66. The summed E-state index contributed by atoms with van der Waals surface area (Å²) in [4.78, 5) is 49.2. The third-order valence-electron chi connectivity index (χ3n) is 4.65. The molecule has 9 heteroatoms. The second kappa shape index (κ2) is 11.6. The van der Waals surface area contributed by atoms with E-state index in [2.05, 4.69) is 10.6 Å². The molecule has 0 aromatic heterocycles. The van der Waals surface area contributed by atoms with Crippen LogP contribution in [0.4, 0.5) is 5.69 Å². The van der Waals surface area contributed by atoms with Gasteiger partial charge in [-0.15, -0.1) is 0 Å². The van der Waals surface area contributed by atoms with Crippen LogP contribution < -0.4 is 15.4 Å². The van der Waals surface area contributed by atoms with E-state index < -0.39 is 30.9 Å². The lowest BCUT2D eigenvalue weighted by Crippen LogP contribution is -2.32. The normalized spacial score (nSPS) is 10.2. The zero-order valence-corrected chi connectivity index (χ0v) is 18.9. The molecule has 174 valence electrons. The van der Waals surface area contributed by atoms with Crippen molar-refractivity contribution in [1.82, 2.24) is 5.32 Å². The number of anilines is 1. The maximum atomic E-state index is 12.8. The van der Waals surface area contributed by atoms with Gasteiger partial charge in [0, 0.05) is 21.7 Å². The van der Waals surface area contributed by atoms with Crippen molar-refractivity contribution in [3.8, 4) is 5.75 Å². The van der Waals surface area contributed by atoms with Gasteiger partial charge in [0.2, 0.25) is 0 Å². The second-order valence-corrected chi connectivity index (χ2v) is 7.44. The van der Waals surface area contributed by atoms with E-state index >= 15 is 0 Å². The molecular formula is C25H21ClN2O6. The molecule has 0 radical (unpaired) electrons. The smallest absolute Gasteiger partial charge is 0.325 e. The summed E-state index contributed by atoms with van der Waals surface area (Å²) in [5.41, 5.74) is 1.20. The third kappa shape index (κ3) is 6.66. The summed E-state index contributed by atoms with van der Waals surface area (Å²) in [5, 5.41) is 5.29. The zero-order valence-electron chi connectivity index (χ0n) is 18.2. The summed E-state index contributed by atoms with van der Waals surface area (Å²) in [7, 11) is 1.51. The van der Waals surface area contributed by atoms with Gasteiger partial charge in [0.1, 0.15) is 12.3 Å². The third-order valence-corrected chi connectivity index (χ3v) is 4.88. The number of ketones is 1. The van der Waals surface area contributed by atoms with Crippen molar-refractivity contribution in [1.29, 1.82) is 0 Å². The number of rotatable bonds is 9. The maximum Gasteiger partial charge on any atom is 0.325 e. The van der Waals surface area contributed by atoms with E-state index in [0.29, 0.717) is 21.9 Å². The minimum Gasteiger partial charge on any atom is -0.497 e. The Kier molecular flexibility index (Phi) is 8.37. The summed E-state index contributed by atoms with van der Waals surface area (Å²) in [6, 6.07) is 19.3. The summed E-state index contributed by atoms with van der Waals surface area (Å²) in [6.45, 7) is -1.02. The van der Waals surface area contributed by atoms with Crippen LogP contribution in [-0.2, 0) is 14.3 Å². The fourth-order valence-corrected chi connectivity index (χ4v) is 3.11. The lowest BCUT2D eigenvalue weighted by atomic mass is 10.0. The number of carbonyl (C=O) groups is 4. The number of hydrogen-bond acceptors (Lipinski definition) is 6. The molecule has 0 aliphatic heterocycles. The fourth-order valence-electron chi connectivity index (χ4n) is 2.94. The Bertz CT molecular complexity index is 1200. The van der Waals surface area contributed by atoms with Gasteiger partial charge in [-0.1, -0.05) is 41.9 Å². The molecule has 3 aromatic carbocycles. The van der Waals surface area contributed by atoms with Crippen molar-refractivity contribution in [3.05, 3.63) is 94.5 Å². The summed E-state index contributed by atoms with van der Waals surface area (Å²) >= 11 is 6.03. The van der Waals surface area contributed by atoms with Gasteiger partial charge in [-0.25, -0.2) is 0 Å². The molecule has 0 saturated carbocycles. The van der Waals surface area contributed by atoms with Crippen LogP contribution in [0, 0.1) is 0 Å². The first kappa shape index (κ1) is 24.5. The Morgan fingerprint density at radius 3 is 2.26 bits per heavy atom. The van der Waals surface area contributed by atoms with Crippen LogP contribution in [0.2, 0.25) is 5.02 Å². The number of carbonyl (C=O) groups excluding carboxylic acids is 4. The molecule has 3 rings (SSSR count). The average molecular weight is 481 g/mol. The molecule has 0 saturated heterocycles. The molecule has 2 N–H and O–H groups in total. The molecule has 0 atom stereocenters. The highest BCUT2D eigenvalue weighted by atomic mass is 35.5. The van der Waals surface area contributed by atoms with Crippen LogP contribution >= 0.6 is 11.6 Å². The zero-order chi connectivity index (χ0) is 24.5. The number of esters is 1. The molecule has 3 aromatic rings. The van der Waals surface area contributed by atoms with Crippen molar-refractivity contribution in [2.24, 2.45) is 0 Å². The van der Waals surface area contributed by atoms with E-state index in [4.69, 9.17) is 21.1 Å². The van der Waals surface area contributed by atoms with E-state index in [1.807, 2.05) is 0 Å². The Morgan fingerprint density at radius 2 is 1.59 bits per heavy atom. The highest BCUT2D eigenvalue weighted by molar-refractivity contribution is 6.31. The summed E-state index contributed by atoms with van der Waals surface area (Å²) < 4.78 is 9.93. The van der Waals surface area contributed by atoms with Gasteiger partial charge >= 0.3 is 5.97 Å². The van der Waals surface area contributed by atoms with Gasteiger partial charge in [-0.2, -0.15) is 0 Å². The highest BCUT2D eigenvalue weighted by Gasteiger charge is 2.17. The predicted octanol–water partition coefficient (Wildman–Crippen LogP) is 3.49. The average Bonchev–Trinajstić information content (AvgIpc) is 2.87. The van der Waals surface area contributed by atoms with Crippen LogP contribution in [0.3, 0.4) is 0 Å². The minimum atomic E-state index is -0.797. The number of benzene rings is 3. The van der Waals surface area contributed by atoms with Crippen LogP contribution in [0.1, 0.15) is 26.3 Å². The van der Waals surface area contributed by atoms with Gasteiger partial charge in [0.05, 0.1) is 12.8 Å². The number of halogens is 1. The van der Waals surface area contributed by atoms with E-state index in [-0.39, 0.29) is 17.0 Å². The SMILES string of the molecule is COc1ccc(C(=O)NCC(=O)OCC(=O)Nc2ccc(Cl)cc2C(=O)c2ccccc2)cc1. The van der Waals surface area contributed by atoms with Crippen molar-refractivity contribution in [3.63, 3.8) is 0 Å². The first-order valence-electron chi connectivity index (χ1n) is 10.1.